The maximum Gasteiger partial charge on any atom is 0.319 e. The van der Waals surface area contributed by atoms with Crippen molar-refractivity contribution < 1.29 is 15.2 Å². The van der Waals surface area contributed by atoms with E-state index in [1.165, 1.54) is 25.7 Å². The molecule has 0 aromatic heterocycles. The number of rotatable bonds is 10. The van der Waals surface area contributed by atoms with Crippen LogP contribution < -0.4 is 21.2 Å². The molecule has 2 amide bonds. The van der Waals surface area contributed by atoms with Crippen LogP contribution >= 0.6 is 23.2 Å². The Hall–Kier alpha value is -2.81. The summed E-state index contributed by atoms with van der Waals surface area (Å²) in [6.07, 6.45) is 5.88. The number of benzene rings is 3. The van der Waals surface area contributed by atoms with Crippen molar-refractivity contribution in [1.82, 2.24) is 10.6 Å². The predicted molar refractivity (Wildman–Crippen MR) is 149 cm³/mol. The van der Waals surface area contributed by atoms with Gasteiger partial charge in [-0.05, 0) is 72.8 Å². The van der Waals surface area contributed by atoms with Crippen molar-refractivity contribution in [3.05, 3.63) is 82.3 Å². The van der Waals surface area contributed by atoms with Gasteiger partial charge in [-0.15, -0.1) is 5.23 Å². The van der Waals surface area contributed by atoms with Crippen LogP contribution in [0.15, 0.2) is 66.7 Å². The van der Waals surface area contributed by atoms with Gasteiger partial charge in [-0.3, -0.25) is 10.4 Å². The van der Waals surface area contributed by atoms with Gasteiger partial charge in [0.25, 0.3) is 0 Å². The molecule has 1 saturated carbocycles. The fourth-order valence-corrected chi connectivity index (χ4v) is 5.28. The molecular formula is C28H32Cl2N4O3. The van der Waals surface area contributed by atoms with Gasteiger partial charge in [0.15, 0.2) is 0 Å². The van der Waals surface area contributed by atoms with Gasteiger partial charge in [-0.25, -0.2) is 4.79 Å². The summed E-state index contributed by atoms with van der Waals surface area (Å²) < 4.78 is 0. The molecule has 1 unspecified atom stereocenters. The molecule has 0 heterocycles. The minimum Gasteiger partial charge on any atom is -0.337 e. The number of carbonyl (C=O) groups is 1. The number of amides is 2. The van der Waals surface area contributed by atoms with E-state index in [4.69, 9.17) is 23.2 Å². The first-order chi connectivity index (χ1) is 17.9. The average molecular weight is 543 g/mol. The van der Waals surface area contributed by atoms with Crippen molar-refractivity contribution in [3.8, 4) is 11.1 Å². The predicted octanol–water partition coefficient (Wildman–Crippen LogP) is 7.07. The average Bonchev–Trinajstić information content (AvgIpc) is 3.39. The Balaban J connectivity index is 1.43. The van der Waals surface area contributed by atoms with Gasteiger partial charge in [-0.1, -0.05) is 72.4 Å². The van der Waals surface area contributed by atoms with Crippen LogP contribution in [0.4, 0.5) is 16.2 Å². The number of hydrogen-bond acceptors (Lipinski definition) is 5. The van der Waals surface area contributed by atoms with Crippen LogP contribution in [0.1, 0.15) is 43.6 Å². The number of hydrogen-bond donors (Lipinski definition) is 5. The molecule has 7 nitrogen and oxygen atoms in total. The van der Waals surface area contributed by atoms with Crippen LogP contribution in [0.5, 0.6) is 0 Å². The third kappa shape index (κ3) is 8.09. The SMILES string of the molecule is O=C(NCC(CCNC1CCCC1)c1ccc(-c2cccc(N(O)O)c2)cc1)Nc1cc(Cl)cc(Cl)c1. The van der Waals surface area contributed by atoms with E-state index < -0.39 is 0 Å². The van der Waals surface area contributed by atoms with Gasteiger partial charge in [0.05, 0.1) is 5.69 Å². The fourth-order valence-electron chi connectivity index (χ4n) is 4.75. The molecule has 1 aliphatic carbocycles. The molecule has 0 bridgehead atoms. The third-order valence-corrected chi connectivity index (χ3v) is 7.14. The van der Waals surface area contributed by atoms with Crippen molar-refractivity contribution in [2.24, 2.45) is 0 Å². The Labute approximate surface area is 227 Å². The quantitative estimate of drug-likeness (QED) is 0.176. The molecule has 9 heteroatoms. The van der Waals surface area contributed by atoms with Gasteiger partial charge >= 0.3 is 6.03 Å². The van der Waals surface area contributed by atoms with Crippen molar-refractivity contribution in [1.29, 1.82) is 0 Å². The Kier molecular flexibility index (Phi) is 9.66. The highest BCUT2D eigenvalue weighted by Crippen LogP contribution is 2.27. The minimum atomic E-state index is -0.321. The number of halogens is 2. The molecule has 1 atom stereocenters. The minimum absolute atomic E-state index is 0.105. The van der Waals surface area contributed by atoms with E-state index in [1.54, 1.807) is 36.4 Å². The first-order valence-electron chi connectivity index (χ1n) is 12.5. The second kappa shape index (κ2) is 13.1. The summed E-state index contributed by atoms with van der Waals surface area (Å²) in [5, 5.41) is 29.1. The maximum atomic E-state index is 12.6. The first-order valence-corrected chi connectivity index (χ1v) is 13.3. The molecule has 37 heavy (non-hydrogen) atoms. The lowest BCUT2D eigenvalue weighted by Crippen LogP contribution is -2.34. The Morgan fingerprint density at radius 2 is 1.65 bits per heavy atom. The lowest BCUT2D eigenvalue weighted by Gasteiger charge is -2.21. The zero-order valence-corrected chi connectivity index (χ0v) is 22.0. The Bertz CT molecular complexity index is 1160. The lowest BCUT2D eigenvalue weighted by molar-refractivity contribution is 0.0292. The fraction of sp³-hybridized carbons (Fsp3) is 0.321. The van der Waals surface area contributed by atoms with Crippen molar-refractivity contribution in [3.63, 3.8) is 0 Å². The van der Waals surface area contributed by atoms with Gasteiger partial charge < -0.3 is 16.0 Å². The Morgan fingerprint density at radius 3 is 2.32 bits per heavy atom. The summed E-state index contributed by atoms with van der Waals surface area (Å²) in [5.41, 5.74) is 3.76. The number of anilines is 2. The molecule has 0 saturated heterocycles. The number of nitrogens with zero attached hydrogens (tertiary/aromatic N) is 1. The molecule has 0 radical (unpaired) electrons. The molecule has 4 rings (SSSR count). The Morgan fingerprint density at radius 1 is 0.946 bits per heavy atom. The van der Waals surface area contributed by atoms with Crippen molar-refractivity contribution in [2.75, 3.05) is 23.6 Å². The largest absolute Gasteiger partial charge is 0.337 e. The molecule has 3 aromatic carbocycles. The van der Waals surface area contributed by atoms with E-state index in [2.05, 4.69) is 28.1 Å². The molecule has 3 aromatic rings. The van der Waals surface area contributed by atoms with E-state index in [0.29, 0.717) is 28.3 Å². The molecule has 0 aliphatic heterocycles. The molecule has 1 fully saturated rings. The third-order valence-electron chi connectivity index (χ3n) is 6.70. The normalized spacial score (nSPS) is 14.4. The zero-order chi connectivity index (χ0) is 26.2. The van der Waals surface area contributed by atoms with Crippen LogP contribution in [0.25, 0.3) is 11.1 Å². The standard InChI is InChI=1S/C28H32Cl2N4O3/c29-23-15-24(30)17-26(16-23)33-28(35)32-18-22(12-13-31-25-5-1-2-6-25)20-10-8-19(9-11-20)21-4-3-7-27(14-21)34(36)37/h3-4,7-11,14-17,22,25,31,36-37H,1-2,5-6,12-13,18H2,(H2,32,33,35). The van der Waals surface area contributed by atoms with E-state index in [1.807, 2.05) is 18.2 Å². The van der Waals surface area contributed by atoms with Gasteiger partial charge in [0.2, 0.25) is 0 Å². The van der Waals surface area contributed by atoms with Gasteiger partial charge in [-0.2, -0.15) is 0 Å². The van der Waals surface area contributed by atoms with Crippen LogP contribution in [-0.4, -0.2) is 35.6 Å². The zero-order valence-electron chi connectivity index (χ0n) is 20.5. The first kappa shape index (κ1) is 27.2. The van der Waals surface area contributed by atoms with E-state index in [0.717, 1.165) is 29.7 Å². The van der Waals surface area contributed by atoms with Crippen LogP contribution in [0.2, 0.25) is 10.0 Å². The highest BCUT2D eigenvalue weighted by atomic mass is 35.5. The second-order valence-corrected chi connectivity index (χ2v) is 10.2. The number of urea groups is 1. The molecule has 0 spiro atoms. The highest BCUT2D eigenvalue weighted by Gasteiger charge is 2.17. The van der Waals surface area contributed by atoms with E-state index >= 15 is 0 Å². The van der Waals surface area contributed by atoms with Gasteiger partial charge in [0.1, 0.15) is 0 Å². The molecular weight excluding hydrogens is 511 g/mol. The highest BCUT2D eigenvalue weighted by molar-refractivity contribution is 6.35. The van der Waals surface area contributed by atoms with Gasteiger partial charge in [0, 0.05) is 34.2 Å². The lowest BCUT2D eigenvalue weighted by atomic mass is 9.93. The maximum absolute atomic E-state index is 12.6. The molecule has 1 aliphatic rings. The monoisotopic (exact) mass is 542 g/mol. The smallest absolute Gasteiger partial charge is 0.319 e. The van der Waals surface area contributed by atoms with Crippen molar-refractivity contribution in [2.45, 2.75) is 44.1 Å². The summed E-state index contributed by atoms with van der Waals surface area (Å²) in [7, 11) is 0. The summed E-state index contributed by atoms with van der Waals surface area (Å²) >= 11 is 12.1. The molecule has 5 N–H and O–H groups in total. The molecule has 196 valence electrons. The number of carbonyl (C=O) groups excluding carboxylic acids is 1. The summed E-state index contributed by atoms with van der Waals surface area (Å²) in [6, 6.07) is 20.3. The van der Waals surface area contributed by atoms with E-state index in [9.17, 15) is 15.2 Å². The topological polar surface area (TPSA) is 96.9 Å². The number of nitrogens with one attached hydrogen (secondary N) is 3. The van der Waals surface area contributed by atoms with Crippen LogP contribution in [-0.2, 0) is 0 Å². The van der Waals surface area contributed by atoms with Crippen LogP contribution in [0.3, 0.4) is 0 Å². The van der Waals surface area contributed by atoms with E-state index in [-0.39, 0.29) is 22.9 Å². The summed E-state index contributed by atoms with van der Waals surface area (Å²) in [5.74, 6) is 0.105. The second-order valence-electron chi connectivity index (χ2n) is 9.38. The summed E-state index contributed by atoms with van der Waals surface area (Å²) in [4.78, 5) is 12.6. The van der Waals surface area contributed by atoms with Crippen LogP contribution in [0, 0.1) is 0 Å². The summed E-state index contributed by atoms with van der Waals surface area (Å²) in [6.45, 7) is 1.33. The van der Waals surface area contributed by atoms with Crippen molar-refractivity contribution >= 4 is 40.6 Å².